The molecule has 144 valence electrons. The molecule has 0 aliphatic carbocycles. The number of aromatic nitrogens is 2. The standard InChI is InChI=1S/C21H23N5O2/c1-13-9-14-5-4-6-18(22)19(14)26(13)20(27)17-11-23-10-15-12-25(8-7-16(15)17)21(28)24(2)3/h4-6,9-11H,7-8,12,22H2,1-3H3. The molecule has 1 aliphatic rings. The van der Waals surface area contributed by atoms with Crippen molar-refractivity contribution in [1.29, 1.82) is 0 Å². The van der Waals surface area contributed by atoms with Crippen LogP contribution in [-0.4, -0.2) is 51.9 Å². The fraction of sp³-hybridized carbons (Fsp3) is 0.286. The largest absolute Gasteiger partial charge is 0.397 e. The van der Waals surface area contributed by atoms with Crippen molar-refractivity contribution < 1.29 is 9.59 Å². The Bertz CT molecular complexity index is 1100. The Morgan fingerprint density at radius 3 is 2.75 bits per heavy atom. The van der Waals surface area contributed by atoms with Gasteiger partial charge in [-0.05, 0) is 36.6 Å². The summed E-state index contributed by atoms with van der Waals surface area (Å²) in [5.74, 6) is -0.137. The van der Waals surface area contributed by atoms with Crippen LogP contribution < -0.4 is 5.73 Å². The lowest BCUT2D eigenvalue weighted by Gasteiger charge is -2.31. The van der Waals surface area contributed by atoms with Crippen LogP contribution in [0.5, 0.6) is 0 Å². The van der Waals surface area contributed by atoms with Gasteiger partial charge in [0.1, 0.15) is 0 Å². The third-order valence-corrected chi connectivity index (χ3v) is 5.27. The first-order valence-corrected chi connectivity index (χ1v) is 9.21. The van der Waals surface area contributed by atoms with E-state index >= 15 is 0 Å². The fourth-order valence-corrected chi connectivity index (χ4v) is 3.93. The second kappa shape index (κ2) is 6.67. The fourth-order valence-electron chi connectivity index (χ4n) is 3.93. The molecule has 0 bridgehead atoms. The topological polar surface area (TPSA) is 84.5 Å². The summed E-state index contributed by atoms with van der Waals surface area (Å²) in [6, 6.07) is 7.56. The predicted octanol–water partition coefficient (Wildman–Crippen LogP) is 2.66. The van der Waals surface area contributed by atoms with Crippen LogP contribution >= 0.6 is 0 Å². The molecule has 0 saturated heterocycles. The van der Waals surface area contributed by atoms with Crippen molar-refractivity contribution in [2.75, 3.05) is 26.4 Å². The third-order valence-electron chi connectivity index (χ3n) is 5.27. The molecule has 4 rings (SSSR count). The van der Waals surface area contributed by atoms with Crippen LogP contribution in [0.4, 0.5) is 10.5 Å². The Kier molecular flexibility index (Phi) is 4.30. The summed E-state index contributed by atoms with van der Waals surface area (Å²) in [6.07, 6.45) is 3.98. The minimum atomic E-state index is -0.137. The molecule has 0 fully saturated rings. The molecule has 3 aromatic rings. The monoisotopic (exact) mass is 377 g/mol. The summed E-state index contributed by atoms with van der Waals surface area (Å²) in [5, 5.41) is 0.936. The number of pyridine rings is 1. The maximum atomic E-state index is 13.5. The molecule has 2 N–H and O–H groups in total. The van der Waals surface area contributed by atoms with E-state index in [1.165, 1.54) is 0 Å². The zero-order chi connectivity index (χ0) is 20.0. The first-order chi connectivity index (χ1) is 13.4. The minimum absolute atomic E-state index is 0.0394. The van der Waals surface area contributed by atoms with E-state index in [1.54, 1.807) is 46.9 Å². The van der Waals surface area contributed by atoms with E-state index in [0.29, 0.717) is 30.8 Å². The highest BCUT2D eigenvalue weighted by Gasteiger charge is 2.27. The zero-order valence-corrected chi connectivity index (χ0v) is 16.3. The number of carbonyl (C=O) groups is 2. The molecule has 1 aromatic carbocycles. The molecule has 28 heavy (non-hydrogen) atoms. The zero-order valence-electron chi connectivity index (χ0n) is 16.3. The lowest BCUT2D eigenvalue weighted by Crippen LogP contribution is -2.42. The lowest BCUT2D eigenvalue weighted by atomic mass is 9.96. The molecule has 0 saturated carbocycles. The van der Waals surface area contributed by atoms with Crippen molar-refractivity contribution in [3.05, 3.63) is 59.0 Å². The van der Waals surface area contributed by atoms with Crippen LogP contribution in [0.2, 0.25) is 0 Å². The number of aryl methyl sites for hydroxylation is 1. The molecule has 0 spiro atoms. The van der Waals surface area contributed by atoms with Crippen LogP contribution in [0.3, 0.4) is 0 Å². The first kappa shape index (κ1) is 18.0. The van der Waals surface area contributed by atoms with E-state index in [2.05, 4.69) is 4.98 Å². The first-order valence-electron chi connectivity index (χ1n) is 9.21. The Labute approximate surface area is 163 Å². The van der Waals surface area contributed by atoms with Crippen molar-refractivity contribution in [1.82, 2.24) is 19.4 Å². The number of hydrogen-bond donors (Lipinski definition) is 1. The van der Waals surface area contributed by atoms with E-state index in [0.717, 1.165) is 27.7 Å². The van der Waals surface area contributed by atoms with E-state index in [1.807, 2.05) is 25.1 Å². The molecular weight excluding hydrogens is 354 g/mol. The van der Waals surface area contributed by atoms with Gasteiger partial charge in [0.2, 0.25) is 0 Å². The average molecular weight is 377 g/mol. The van der Waals surface area contributed by atoms with Gasteiger partial charge in [-0.25, -0.2) is 4.79 Å². The number of para-hydroxylation sites is 1. The normalized spacial score (nSPS) is 13.5. The van der Waals surface area contributed by atoms with Gasteiger partial charge in [-0.3, -0.25) is 14.3 Å². The Balaban J connectivity index is 1.77. The van der Waals surface area contributed by atoms with Crippen molar-refractivity contribution in [3.8, 4) is 0 Å². The summed E-state index contributed by atoms with van der Waals surface area (Å²) in [5.41, 5.74) is 10.7. The number of carbonyl (C=O) groups excluding carboxylic acids is 2. The molecule has 7 heteroatoms. The van der Waals surface area contributed by atoms with Gasteiger partial charge >= 0.3 is 6.03 Å². The van der Waals surface area contributed by atoms with Crippen molar-refractivity contribution in [2.45, 2.75) is 19.9 Å². The summed E-state index contributed by atoms with van der Waals surface area (Å²) < 4.78 is 1.67. The van der Waals surface area contributed by atoms with Gasteiger partial charge in [0.05, 0.1) is 16.8 Å². The Morgan fingerprint density at radius 1 is 1.21 bits per heavy atom. The molecule has 1 aliphatic heterocycles. The van der Waals surface area contributed by atoms with E-state index in [-0.39, 0.29) is 11.9 Å². The van der Waals surface area contributed by atoms with Crippen LogP contribution in [0.1, 0.15) is 27.2 Å². The number of benzene rings is 1. The smallest absolute Gasteiger partial charge is 0.319 e. The van der Waals surface area contributed by atoms with Gasteiger partial charge < -0.3 is 15.5 Å². The third kappa shape index (κ3) is 2.79. The lowest BCUT2D eigenvalue weighted by molar-refractivity contribution is 0.0961. The second-order valence-electron chi connectivity index (χ2n) is 7.38. The van der Waals surface area contributed by atoms with E-state index in [9.17, 15) is 9.59 Å². The SMILES string of the molecule is Cc1cc2cccc(N)c2n1C(=O)c1cncc2c1CCN(C(=O)N(C)C)C2. The summed E-state index contributed by atoms with van der Waals surface area (Å²) in [7, 11) is 3.47. The number of amides is 2. The average Bonchev–Trinajstić information content (AvgIpc) is 3.03. The van der Waals surface area contributed by atoms with Crippen molar-refractivity contribution in [2.24, 2.45) is 0 Å². The number of hydrogen-bond acceptors (Lipinski definition) is 4. The number of urea groups is 1. The maximum Gasteiger partial charge on any atom is 0.319 e. The van der Waals surface area contributed by atoms with E-state index in [4.69, 9.17) is 5.73 Å². The summed E-state index contributed by atoms with van der Waals surface area (Å²) in [6.45, 7) is 2.92. The Morgan fingerprint density at radius 2 is 2.00 bits per heavy atom. The van der Waals surface area contributed by atoms with Gasteiger partial charge in [-0.1, -0.05) is 12.1 Å². The highest BCUT2D eigenvalue weighted by molar-refractivity contribution is 6.06. The quantitative estimate of drug-likeness (QED) is 0.661. The number of anilines is 1. The molecule has 0 radical (unpaired) electrons. The number of nitrogens with zero attached hydrogens (tertiary/aromatic N) is 4. The van der Waals surface area contributed by atoms with Crippen LogP contribution in [0.25, 0.3) is 10.9 Å². The number of fused-ring (bicyclic) bond motifs is 2. The highest BCUT2D eigenvalue weighted by atomic mass is 16.2. The van der Waals surface area contributed by atoms with Gasteiger partial charge in [-0.15, -0.1) is 0 Å². The molecular formula is C21H23N5O2. The van der Waals surface area contributed by atoms with Crippen molar-refractivity contribution >= 4 is 28.5 Å². The van der Waals surface area contributed by atoms with Gasteiger partial charge in [0.15, 0.2) is 0 Å². The molecule has 0 atom stereocenters. The highest BCUT2D eigenvalue weighted by Crippen LogP contribution is 2.28. The second-order valence-corrected chi connectivity index (χ2v) is 7.38. The van der Waals surface area contributed by atoms with Gasteiger partial charge in [0, 0.05) is 50.7 Å². The predicted molar refractivity (Wildman–Crippen MR) is 108 cm³/mol. The van der Waals surface area contributed by atoms with Gasteiger partial charge in [0.25, 0.3) is 5.91 Å². The van der Waals surface area contributed by atoms with Gasteiger partial charge in [-0.2, -0.15) is 0 Å². The molecule has 3 heterocycles. The summed E-state index contributed by atoms with van der Waals surface area (Å²) in [4.78, 5) is 33.4. The Hall–Kier alpha value is -3.35. The molecule has 2 amide bonds. The molecule has 2 aromatic heterocycles. The number of nitrogens with two attached hydrogens (primary N) is 1. The molecule has 0 unspecified atom stereocenters. The van der Waals surface area contributed by atoms with Crippen LogP contribution in [0, 0.1) is 6.92 Å². The minimum Gasteiger partial charge on any atom is -0.397 e. The summed E-state index contributed by atoms with van der Waals surface area (Å²) >= 11 is 0. The molecule has 7 nitrogen and oxygen atoms in total. The number of rotatable bonds is 1. The van der Waals surface area contributed by atoms with Crippen LogP contribution in [-0.2, 0) is 13.0 Å². The van der Waals surface area contributed by atoms with Crippen LogP contribution in [0.15, 0.2) is 36.7 Å². The van der Waals surface area contributed by atoms with E-state index < -0.39 is 0 Å². The van der Waals surface area contributed by atoms with Crippen molar-refractivity contribution in [3.63, 3.8) is 0 Å². The maximum absolute atomic E-state index is 13.5. The number of nitrogen functional groups attached to an aromatic ring is 1.